The molecule has 0 bridgehead atoms. The van der Waals surface area contributed by atoms with E-state index in [0.29, 0.717) is 4.47 Å². The van der Waals surface area contributed by atoms with Crippen LogP contribution < -0.4 is 5.32 Å². The Hall–Kier alpha value is -0.410. The van der Waals surface area contributed by atoms with E-state index in [1.54, 1.807) is 0 Å². The van der Waals surface area contributed by atoms with Gasteiger partial charge in [0, 0.05) is 6.04 Å². The summed E-state index contributed by atoms with van der Waals surface area (Å²) in [5, 5.41) is 3.52. The van der Waals surface area contributed by atoms with Crippen LogP contribution in [-0.2, 0) is 5.41 Å². The van der Waals surface area contributed by atoms with E-state index in [9.17, 15) is 4.39 Å². The topological polar surface area (TPSA) is 12.0 Å². The summed E-state index contributed by atoms with van der Waals surface area (Å²) in [7, 11) is 0. The lowest BCUT2D eigenvalue weighted by Crippen LogP contribution is -2.26. The van der Waals surface area contributed by atoms with Crippen LogP contribution in [0.1, 0.15) is 38.7 Å². The normalized spacial score (nSPS) is 16.2. The Kier molecular flexibility index (Phi) is 3.88. The van der Waals surface area contributed by atoms with Gasteiger partial charge in [0.15, 0.2) is 0 Å². The minimum atomic E-state index is -0.194. The van der Waals surface area contributed by atoms with Crippen LogP contribution >= 0.6 is 15.9 Å². The molecule has 0 saturated heterocycles. The van der Waals surface area contributed by atoms with Crippen LogP contribution in [0.2, 0.25) is 0 Å². The van der Waals surface area contributed by atoms with E-state index >= 15 is 0 Å². The molecule has 1 aliphatic rings. The highest BCUT2D eigenvalue weighted by molar-refractivity contribution is 9.10. The van der Waals surface area contributed by atoms with E-state index in [-0.39, 0.29) is 11.2 Å². The van der Waals surface area contributed by atoms with E-state index in [1.807, 2.05) is 12.1 Å². The molecular formula is C14H19BrFN. The average Bonchev–Trinajstić information content (AvgIpc) is 3.05. The van der Waals surface area contributed by atoms with Crippen LogP contribution in [0.25, 0.3) is 0 Å². The molecule has 0 atom stereocenters. The van der Waals surface area contributed by atoms with Crippen LogP contribution in [0.5, 0.6) is 0 Å². The van der Waals surface area contributed by atoms with Gasteiger partial charge in [0.2, 0.25) is 0 Å². The molecule has 1 aromatic carbocycles. The third-order valence-corrected chi connectivity index (χ3v) is 4.07. The SMILES string of the molecule is CC(C)(CCNC1CC1)c1ccc(F)c(Br)c1. The van der Waals surface area contributed by atoms with Crippen molar-refractivity contribution in [3.8, 4) is 0 Å². The maximum Gasteiger partial charge on any atom is 0.137 e. The second-order valence-corrected chi connectivity index (χ2v) is 6.35. The first-order valence-electron chi connectivity index (χ1n) is 6.18. The molecule has 2 rings (SSSR count). The summed E-state index contributed by atoms with van der Waals surface area (Å²) < 4.78 is 13.7. The third kappa shape index (κ3) is 3.52. The molecule has 0 aliphatic heterocycles. The lowest BCUT2D eigenvalue weighted by atomic mass is 9.81. The molecule has 0 heterocycles. The minimum absolute atomic E-state index is 0.0815. The van der Waals surface area contributed by atoms with Gasteiger partial charge in [0.1, 0.15) is 5.82 Å². The Balaban J connectivity index is 1.98. The zero-order chi connectivity index (χ0) is 12.5. The Labute approximate surface area is 111 Å². The van der Waals surface area contributed by atoms with Crippen molar-refractivity contribution in [3.05, 3.63) is 34.1 Å². The van der Waals surface area contributed by atoms with Crippen molar-refractivity contribution in [1.29, 1.82) is 0 Å². The van der Waals surface area contributed by atoms with Crippen molar-refractivity contribution in [2.75, 3.05) is 6.54 Å². The summed E-state index contributed by atoms with van der Waals surface area (Å²) >= 11 is 3.25. The van der Waals surface area contributed by atoms with Gasteiger partial charge in [0.05, 0.1) is 4.47 Å². The Morgan fingerprint density at radius 1 is 1.41 bits per heavy atom. The molecule has 17 heavy (non-hydrogen) atoms. The quantitative estimate of drug-likeness (QED) is 0.866. The fourth-order valence-corrected chi connectivity index (χ4v) is 2.32. The van der Waals surface area contributed by atoms with Crippen molar-refractivity contribution in [2.24, 2.45) is 0 Å². The first kappa shape index (κ1) is 13.0. The van der Waals surface area contributed by atoms with Gasteiger partial charge in [-0.15, -0.1) is 0 Å². The molecule has 0 radical (unpaired) electrons. The average molecular weight is 300 g/mol. The highest BCUT2D eigenvalue weighted by Gasteiger charge is 2.24. The van der Waals surface area contributed by atoms with E-state index in [4.69, 9.17) is 0 Å². The van der Waals surface area contributed by atoms with E-state index in [2.05, 4.69) is 35.1 Å². The summed E-state index contributed by atoms with van der Waals surface area (Å²) in [6, 6.07) is 6.07. The molecule has 3 heteroatoms. The summed E-state index contributed by atoms with van der Waals surface area (Å²) in [5.41, 5.74) is 1.27. The molecule has 1 nitrogen and oxygen atoms in total. The number of benzene rings is 1. The molecule has 0 spiro atoms. The highest BCUT2D eigenvalue weighted by atomic mass is 79.9. The second-order valence-electron chi connectivity index (χ2n) is 5.49. The van der Waals surface area contributed by atoms with Crippen LogP contribution in [0.3, 0.4) is 0 Å². The zero-order valence-electron chi connectivity index (χ0n) is 10.4. The summed E-state index contributed by atoms with van der Waals surface area (Å²) in [6.45, 7) is 5.45. The largest absolute Gasteiger partial charge is 0.314 e. The lowest BCUT2D eigenvalue weighted by molar-refractivity contribution is 0.455. The minimum Gasteiger partial charge on any atom is -0.314 e. The highest BCUT2D eigenvalue weighted by Crippen LogP contribution is 2.30. The summed E-state index contributed by atoms with van der Waals surface area (Å²) in [5.74, 6) is -0.194. The van der Waals surface area contributed by atoms with Gasteiger partial charge < -0.3 is 5.32 Å². The van der Waals surface area contributed by atoms with Gasteiger partial charge in [-0.1, -0.05) is 19.9 Å². The summed E-state index contributed by atoms with van der Waals surface area (Å²) in [4.78, 5) is 0. The van der Waals surface area contributed by atoms with Crippen molar-refractivity contribution in [1.82, 2.24) is 5.32 Å². The first-order valence-corrected chi connectivity index (χ1v) is 6.97. The van der Waals surface area contributed by atoms with Gasteiger partial charge in [-0.25, -0.2) is 4.39 Å². The molecule has 94 valence electrons. The maximum absolute atomic E-state index is 13.2. The molecule has 1 aromatic rings. The van der Waals surface area contributed by atoms with Crippen molar-refractivity contribution in [2.45, 2.75) is 44.6 Å². The van der Waals surface area contributed by atoms with Crippen LogP contribution in [0.15, 0.2) is 22.7 Å². The fourth-order valence-electron chi connectivity index (χ4n) is 1.94. The van der Waals surface area contributed by atoms with Crippen molar-refractivity contribution < 1.29 is 4.39 Å². The number of hydrogen-bond acceptors (Lipinski definition) is 1. The van der Waals surface area contributed by atoms with E-state index < -0.39 is 0 Å². The Morgan fingerprint density at radius 3 is 2.71 bits per heavy atom. The van der Waals surface area contributed by atoms with E-state index in [1.165, 1.54) is 24.5 Å². The van der Waals surface area contributed by atoms with Crippen molar-refractivity contribution >= 4 is 15.9 Å². The van der Waals surface area contributed by atoms with Gasteiger partial charge in [0.25, 0.3) is 0 Å². The Morgan fingerprint density at radius 2 is 2.12 bits per heavy atom. The summed E-state index contributed by atoms with van der Waals surface area (Å²) in [6.07, 6.45) is 3.71. The smallest absolute Gasteiger partial charge is 0.137 e. The second kappa shape index (κ2) is 5.07. The van der Waals surface area contributed by atoms with Gasteiger partial charge in [-0.3, -0.25) is 0 Å². The fraction of sp³-hybridized carbons (Fsp3) is 0.571. The third-order valence-electron chi connectivity index (χ3n) is 3.46. The van der Waals surface area contributed by atoms with Crippen LogP contribution in [-0.4, -0.2) is 12.6 Å². The predicted molar refractivity (Wildman–Crippen MR) is 72.8 cm³/mol. The number of hydrogen-bond donors (Lipinski definition) is 1. The van der Waals surface area contributed by atoms with Gasteiger partial charge >= 0.3 is 0 Å². The monoisotopic (exact) mass is 299 g/mol. The molecule has 1 fully saturated rings. The number of nitrogens with one attached hydrogen (secondary N) is 1. The van der Waals surface area contributed by atoms with Crippen LogP contribution in [0, 0.1) is 5.82 Å². The van der Waals surface area contributed by atoms with E-state index in [0.717, 1.165) is 19.0 Å². The molecule has 1 aliphatic carbocycles. The van der Waals surface area contributed by atoms with Gasteiger partial charge in [-0.2, -0.15) is 0 Å². The van der Waals surface area contributed by atoms with Crippen molar-refractivity contribution in [3.63, 3.8) is 0 Å². The lowest BCUT2D eigenvalue weighted by Gasteiger charge is -2.26. The molecular weight excluding hydrogens is 281 g/mol. The zero-order valence-corrected chi connectivity index (χ0v) is 12.0. The predicted octanol–water partition coefficient (Wildman–Crippen LogP) is 4.01. The molecule has 1 N–H and O–H groups in total. The first-order chi connectivity index (χ1) is 7.99. The standard InChI is InChI=1S/C14H19BrFN/c1-14(2,7-8-17-11-4-5-11)10-3-6-13(16)12(15)9-10/h3,6,9,11,17H,4-5,7-8H2,1-2H3. The molecule has 0 unspecified atom stereocenters. The number of halogens is 2. The molecule has 0 amide bonds. The molecule has 1 saturated carbocycles. The Bertz CT molecular complexity index is 399. The van der Waals surface area contributed by atoms with Crippen LogP contribution in [0.4, 0.5) is 4.39 Å². The van der Waals surface area contributed by atoms with Gasteiger partial charge in [-0.05, 0) is 64.8 Å². The molecule has 0 aromatic heterocycles. The number of rotatable bonds is 5. The maximum atomic E-state index is 13.2.